The molecule has 0 saturated heterocycles. The normalized spacial score (nSPS) is 11.4. The van der Waals surface area contributed by atoms with Crippen LogP contribution < -0.4 is 0 Å². The van der Waals surface area contributed by atoms with Crippen molar-refractivity contribution in [1.82, 2.24) is 9.97 Å². The van der Waals surface area contributed by atoms with Crippen molar-refractivity contribution < 1.29 is 8.78 Å². The van der Waals surface area contributed by atoms with Crippen LogP contribution in [-0.2, 0) is 0 Å². The van der Waals surface area contributed by atoms with Gasteiger partial charge in [0, 0.05) is 40.2 Å². The van der Waals surface area contributed by atoms with Gasteiger partial charge in [0.1, 0.15) is 11.6 Å². The van der Waals surface area contributed by atoms with Crippen molar-refractivity contribution in [2.75, 3.05) is 0 Å². The number of aryl methyl sites for hydroxylation is 1. The SMILES string of the molecule is Cc1cc2c(F)cc(F)cc2nc1-c1cccc2[nH]ccc12. The number of benzene rings is 2. The number of H-pyrrole nitrogens is 1. The van der Waals surface area contributed by atoms with Gasteiger partial charge in [-0.15, -0.1) is 0 Å². The van der Waals surface area contributed by atoms with Crippen molar-refractivity contribution in [3.8, 4) is 11.3 Å². The van der Waals surface area contributed by atoms with E-state index < -0.39 is 11.6 Å². The Labute approximate surface area is 125 Å². The molecule has 0 radical (unpaired) electrons. The number of nitrogens with zero attached hydrogens (tertiary/aromatic N) is 1. The number of nitrogens with one attached hydrogen (secondary N) is 1. The molecule has 0 saturated carbocycles. The second kappa shape index (κ2) is 4.63. The van der Waals surface area contributed by atoms with E-state index in [9.17, 15) is 8.78 Å². The number of fused-ring (bicyclic) bond motifs is 2. The van der Waals surface area contributed by atoms with Crippen LogP contribution >= 0.6 is 0 Å². The largest absolute Gasteiger partial charge is 0.361 e. The van der Waals surface area contributed by atoms with E-state index in [2.05, 4.69) is 9.97 Å². The lowest BCUT2D eigenvalue weighted by Crippen LogP contribution is -1.93. The molecule has 2 aromatic carbocycles. The van der Waals surface area contributed by atoms with Gasteiger partial charge in [0.05, 0.1) is 11.2 Å². The minimum absolute atomic E-state index is 0.325. The third-order valence-electron chi connectivity index (χ3n) is 3.89. The Morgan fingerprint density at radius 3 is 2.73 bits per heavy atom. The smallest absolute Gasteiger partial charge is 0.135 e. The molecule has 0 amide bonds. The molecule has 108 valence electrons. The molecule has 0 atom stereocenters. The van der Waals surface area contributed by atoms with Gasteiger partial charge in [-0.1, -0.05) is 12.1 Å². The first-order valence-electron chi connectivity index (χ1n) is 6.96. The van der Waals surface area contributed by atoms with Gasteiger partial charge in [-0.25, -0.2) is 13.8 Å². The van der Waals surface area contributed by atoms with Gasteiger partial charge in [-0.3, -0.25) is 0 Å². The topological polar surface area (TPSA) is 28.7 Å². The first-order chi connectivity index (χ1) is 10.6. The maximum Gasteiger partial charge on any atom is 0.135 e. The summed E-state index contributed by atoms with van der Waals surface area (Å²) in [7, 11) is 0. The van der Waals surface area contributed by atoms with E-state index in [4.69, 9.17) is 0 Å². The summed E-state index contributed by atoms with van der Waals surface area (Å²) in [6.45, 7) is 1.88. The highest BCUT2D eigenvalue weighted by molar-refractivity contribution is 5.96. The lowest BCUT2D eigenvalue weighted by Gasteiger charge is -2.09. The van der Waals surface area contributed by atoms with E-state index in [0.717, 1.165) is 33.8 Å². The lowest BCUT2D eigenvalue weighted by molar-refractivity contribution is 0.591. The molecular weight excluding hydrogens is 282 g/mol. The average Bonchev–Trinajstić information content (AvgIpc) is 2.96. The van der Waals surface area contributed by atoms with Crippen LogP contribution in [0.3, 0.4) is 0 Å². The van der Waals surface area contributed by atoms with Crippen molar-refractivity contribution in [3.05, 3.63) is 65.9 Å². The Hall–Kier alpha value is -2.75. The maximum absolute atomic E-state index is 13.9. The summed E-state index contributed by atoms with van der Waals surface area (Å²) in [4.78, 5) is 7.66. The highest BCUT2D eigenvalue weighted by atomic mass is 19.1. The first-order valence-corrected chi connectivity index (χ1v) is 6.96. The summed E-state index contributed by atoms with van der Waals surface area (Å²) < 4.78 is 27.3. The van der Waals surface area contributed by atoms with E-state index in [1.807, 2.05) is 37.4 Å². The van der Waals surface area contributed by atoms with Crippen LogP contribution in [0.15, 0.2) is 48.7 Å². The van der Waals surface area contributed by atoms with E-state index in [0.29, 0.717) is 10.9 Å². The van der Waals surface area contributed by atoms with Gasteiger partial charge in [-0.2, -0.15) is 0 Å². The molecule has 0 unspecified atom stereocenters. The Morgan fingerprint density at radius 2 is 1.86 bits per heavy atom. The van der Waals surface area contributed by atoms with Crippen molar-refractivity contribution in [2.24, 2.45) is 0 Å². The summed E-state index contributed by atoms with van der Waals surface area (Å²) in [5.74, 6) is -1.20. The monoisotopic (exact) mass is 294 g/mol. The molecule has 4 heteroatoms. The van der Waals surface area contributed by atoms with Crippen molar-refractivity contribution in [1.29, 1.82) is 0 Å². The summed E-state index contributed by atoms with van der Waals surface area (Å²) in [6, 6.07) is 11.7. The van der Waals surface area contributed by atoms with Gasteiger partial charge >= 0.3 is 0 Å². The molecule has 0 spiro atoms. The molecule has 22 heavy (non-hydrogen) atoms. The van der Waals surface area contributed by atoms with Crippen LogP contribution in [0.1, 0.15) is 5.56 Å². The molecule has 4 aromatic rings. The predicted molar refractivity (Wildman–Crippen MR) is 83.7 cm³/mol. The number of halogens is 2. The molecule has 0 aliphatic rings. The standard InChI is InChI=1S/C18H12F2N2/c1-10-7-14-15(20)8-11(19)9-17(14)22-18(10)13-3-2-4-16-12(13)5-6-21-16/h2-9,21H,1H3. The van der Waals surface area contributed by atoms with Crippen molar-refractivity contribution in [2.45, 2.75) is 6.92 Å². The molecule has 0 aliphatic carbocycles. The summed E-state index contributed by atoms with van der Waals surface area (Å²) >= 11 is 0. The van der Waals surface area contributed by atoms with Crippen LogP contribution in [-0.4, -0.2) is 9.97 Å². The van der Waals surface area contributed by atoms with Gasteiger partial charge in [-0.05, 0) is 30.7 Å². The van der Waals surface area contributed by atoms with Gasteiger partial charge < -0.3 is 4.98 Å². The van der Waals surface area contributed by atoms with Gasteiger partial charge in [0.2, 0.25) is 0 Å². The number of rotatable bonds is 1. The Balaban J connectivity index is 2.07. The third kappa shape index (κ3) is 1.88. The fraction of sp³-hybridized carbons (Fsp3) is 0.0556. The number of hydrogen-bond acceptors (Lipinski definition) is 1. The van der Waals surface area contributed by atoms with Crippen molar-refractivity contribution >= 4 is 21.8 Å². The van der Waals surface area contributed by atoms with E-state index in [1.54, 1.807) is 6.07 Å². The molecule has 4 rings (SSSR count). The van der Waals surface area contributed by atoms with Crippen LogP contribution in [0, 0.1) is 18.6 Å². The summed E-state index contributed by atoms with van der Waals surface area (Å²) in [5.41, 5.74) is 3.87. The summed E-state index contributed by atoms with van der Waals surface area (Å²) in [6.07, 6.45) is 1.86. The quantitative estimate of drug-likeness (QED) is 0.527. The molecule has 2 aromatic heterocycles. The highest BCUT2D eigenvalue weighted by Gasteiger charge is 2.12. The summed E-state index contributed by atoms with van der Waals surface area (Å²) in [5, 5.41) is 1.37. The van der Waals surface area contributed by atoms with Crippen LogP contribution in [0.5, 0.6) is 0 Å². The van der Waals surface area contributed by atoms with Crippen LogP contribution in [0.25, 0.3) is 33.1 Å². The molecule has 0 fully saturated rings. The molecule has 2 heterocycles. The molecule has 1 N–H and O–H groups in total. The Morgan fingerprint density at radius 1 is 1.00 bits per heavy atom. The van der Waals surface area contributed by atoms with E-state index in [1.165, 1.54) is 6.07 Å². The second-order valence-corrected chi connectivity index (χ2v) is 5.35. The zero-order chi connectivity index (χ0) is 15.3. The lowest BCUT2D eigenvalue weighted by atomic mass is 10.0. The first kappa shape index (κ1) is 13.0. The fourth-order valence-electron chi connectivity index (χ4n) is 2.86. The van der Waals surface area contributed by atoms with E-state index in [-0.39, 0.29) is 0 Å². The number of pyridine rings is 1. The molecule has 0 bridgehead atoms. The minimum Gasteiger partial charge on any atom is -0.361 e. The van der Waals surface area contributed by atoms with E-state index >= 15 is 0 Å². The number of aromatic amines is 1. The fourth-order valence-corrected chi connectivity index (χ4v) is 2.86. The Kier molecular flexibility index (Phi) is 2.73. The van der Waals surface area contributed by atoms with Crippen LogP contribution in [0.2, 0.25) is 0 Å². The minimum atomic E-state index is -0.618. The zero-order valence-corrected chi connectivity index (χ0v) is 11.8. The Bertz CT molecular complexity index is 1020. The van der Waals surface area contributed by atoms with Gasteiger partial charge in [0.15, 0.2) is 0 Å². The average molecular weight is 294 g/mol. The number of hydrogen-bond donors (Lipinski definition) is 1. The predicted octanol–water partition coefficient (Wildman–Crippen LogP) is 4.97. The van der Waals surface area contributed by atoms with Crippen molar-refractivity contribution in [3.63, 3.8) is 0 Å². The zero-order valence-electron chi connectivity index (χ0n) is 11.8. The van der Waals surface area contributed by atoms with Crippen LogP contribution in [0.4, 0.5) is 8.78 Å². The molecule has 2 nitrogen and oxygen atoms in total. The van der Waals surface area contributed by atoms with Gasteiger partial charge in [0.25, 0.3) is 0 Å². The maximum atomic E-state index is 13.9. The highest BCUT2D eigenvalue weighted by Crippen LogP contribution is 2.31. The molecular formula is C18H12F2N2. The second-order valence-electron chi connectivity index (χ2n) is 5.35. The third-order valence-corrected chi connectivity index (χ3v) is 3.89. The molecule has 0 aliphatic heterocycles. The number of aromatic nitrogens is 2.